The highest BCUT2D eigenvalue weighted by molar-refractivity contribution is 6.01. The van der Waals surface area contributed by atoms with E-state index in [-0.39, 0.29) is 11.5 Å². The largest absolute Gasteiger partial charge is 0.496 e. The zero-order valence-corrected chi connectivity index (χ0v) is 20.3. The lowest BCUT2D eigenvalue weighted by Crippen LogP contribution is -2.48. The standard InChI is InChI=1S/C26H32N4O4/c1-5-7-10-30-17-21(18-8-9-27-24(18)26(30)32)19-15-23(34-4)20(16-22(19)33-3)25(31)29-13-11-28(6-2)12-14-29/h5,7-9,15-17,27H,6,10-14H2,1-4H3/b7-5+. The summed E-state index contributed by atoms with van der Waals surface area (Å²) in [4.78, 5) is 33.6. The average molecular weight is 465 g/mol. The molecule has 3 heterocycles. The first-order valence-corrected chi connectivity index (χ1v) is 11.6. The van der Waals surface area contributed by atoms with Crippen LogP contribution < -0.4 is 15.0 Å². The van der Waals surface area contributed by atoms with Gasteiger partial charge in [-0.3, -0.25) is 9.59 Å². The summed E-state index contributed by atoms with van der Waals surface area (Å²) in [5.74, 6) is 0.964. The number of carbonyl (C=O) groups is 1. The molecular weight excluding hydrogens is 432 g/mol. The van der Waals surface area contributed by atoms with Gasteiger partial charge < -0.3 is 28.8 Å². The second-order valence-corrected chi connectivity index (χ2v) is 8.31. The molecule has 0 aliphatic carbocycles. The number of fused-ring (bicyclic) bond motifs is 1. The van der Waals surface area contributed by atoms with Crippen molar-refractivity contribution in [2.45, 2.75) is 20.4 Å². The lowest BCUT2D eigenvalue weighted by molar-refractivity contribution is 0.0640. The fourth-order valence-electron chi connectivity index (χ4n) is 4.48. The van der Waals surface area contributed by atoms with E-state index >= 15 is 0 Å². The third kappa shape index (κ3) is 4.33. The molecule has 8 heteroatoms. The Labute approximate surface area is 199 Å². The van der Waals surface area contributed by atoms with Crippen molar-refractivity contribution < 1.29 is 14.3 Å². The van der Waals surface area contributed by atoms with E-state index in [9.17, 15) is 9.59 Å². The first kappa shape index (κ1) is 23.6. The van der Waals surface area contributed by atoms with Crippen LogP contribution in [0.5, 0.6) is 11.5 Å². The number of nitrogens with zero attached hydrogens (tertiary/aromatic N) is 3. The van der Waals surface area contributed by atoms with Crippen LogP contribution in [0.25, 0.3) is 22.0 Å². The van der Waals surface area contributed by atoms with Crippen LogP contribution >= 0.6 is 0 Å². The summed E-state index contributed by atoms with van der Waals surface area (Å²) >= 11 is 0. The van der Waals surface area contributed by atoms with Gasteiger partial charge in [-0.15, -0.1) is 0 Å². The molecule has 0 spiro atoms. The molecule has 8 nitrogen and oxygen atoms in total. The minimum atomic E-state index is -0.0919. The second-order valence-electron chi connectivity index (χ2n) is 8.31. The number of ether oxygens (including phenoxy) is 2. The van der Waals surface area contributed by atoms with Crippen LogP contribution in [0.3, 0.4) is 0 Å². The third-order valence-electron chi connectivity index (χ3n) is 6.48. The molecule has 2 aromatic heterocycles. The van der Waals surface area contributed by atoms with E-state index < -0.39 is 0 Å². The van der Waals surface area contributed by atoms with Crippen LogP contribution in [0.1, 0.15) is 24.2 Å². The zero-order valence-electron chi connectivity index (χ0n) is 20.3. The fraction of sp³-hybridized carbons (Fsp3) is 0.385. The molecule has 34 heavy (non-hydrogen) atoms. The lowest BCUT2D eigenvalue weighted by atomic mass is 9.99. The predicted octanol–water partition coefficient (Wildman–Crippen LogP) is 3.37. The molecule has 1 aliphatic rings. The van der Waals surface area contributed by atoms with Crippen LogP contribution in [0.15, 0.2) is 47.5 Å². The maximum absolute atomic E-state index is 13.4. The van der Waals surface area contributed by atoms with Crippen LogP contribution in [0, 0.1) is 0 Å². The zero-order chi connectivity index (χ0) is 24.2. The molecule has 4 rings (SSSR count). The van der Waals surface area contributed by atoms with Gasteiger partial charge in [0.15, 0.2) is 0 Å². The molecule has 1 saturated heterocycles. The number of aromatic nitrogens is 2. The van der Waals surface area contributed by atoms with Crippen molar-refractivity contribution in [1.82, 2.24) is 19.4 Å². The summed E-state index contributed by atoms with van der Waals surface area (Å²) in [6.45, 7) is 8.57. The summed E-state index contributed by atoms with van der Waals surface area (Å²) in [5.41, 5.74) is 2.49. The van der Waals surface area contributed by atoms with Crippen LogP contribution in [0.2, 0.25) is 0 Å². The SMILES string of the molecule is C/C=C/Cn1cc(-c2cc(OC)c(C(=O)N3CCN(CC)CC3)cc2OC)c2cc[nH]c2c1=O. The van der Waals surface area contributed by atoms with Gasteiger partial charge in [0.05, 0.1) is 19.8 Å². The van der Waals surface area contributed by atoms with E-state index in [2.05, 4.69) is 16.8 Å². The van der Waals surface area contributed by atoms with E-state index in [0.717, 1.165) is 36.1 Å². The average Bonchev–Trinajstić information content (AvgIpc) is 3.38. The van der Waals surface area contributed by atoms with Gasteiger partial charge in [0.25, 0.3) is 11.5 Å². The van der Waals surface area contributed by atoms with Crippen molar-refractivity contribution in [3.8, 4) is 22.6 Å². The first-order chi connectivity index (χ1) is 16.5. The Morgan fingerprint density at radius 3 is 2.47 bits per heavy atom. The maximum Gasteiger partial charge on any atom is 0.275 e. The van der Waals surface area contributed by atoms with Crippen molar-refractivity contribution in [3.63, 3.8) is 0 Å². The highest BCUT2D eigenvalue weighted by atomic mass is 16.5. The molecule has 0 bridgehead atoms. The fourth-order valence-corrected chi connectivity index (χ4v) is 4.48. The number of hydrogen-bond donors (Lipinski definition) is 1. The predicted molar refractivity (Wildman–Crippen MR) is 134 cm³/mol. The summed E-state index contributed by atoms with van der Waals surface area (Å²) in [6.07, 6.45) is 7.43. The van der Waals surface area contributed by atoms with E-state index in [1.54, 1.807) is 31.0 Å². The number of carbonyl (C=O) groups excluding carboxylic acids is 1. The second kappa shape index (κ2) is 10.2. The molecule has 1 N–H and O–H groups in total. The van der Waals surface area contributed by atoms with E-state index in [1.165, 1.54) is 0 Å². The van der Waals surface area contributed by atoms with Gasteiger partial charge in [0.1, 0.15) is 17.0 Å². The number of benzene rings is 1. The Morgan fingerprint density at radius 2 is 1.82 bits per heavy atom. The number of nitrogens with one attached hydrogen (secondary N) is 1. The van der Waals surface area contributed by atoms with Crippen molar-refractivity contribution in [2.24, 2.45) is 0 Å². The van der Waals surface area contributed by atoms with Gasteiger partial charge in [-0.25, -0.2) is 0 Å². The van der Waals surface area contributed by atoms with Crippen LogP contribution in [-0.2, 0) is 6.54 Å². The van der Waals surface area contributed by atoms with E-state index in [4.69, 9.17) is 9.47 Å². The number of amides is 1. The number of likely N-dealkylation sites (N-methyl/N-ethyl adjacent to an activating group) is 1. The maximum atomic E-state index is 13.4. The van der Waals surface area contributed by atoms with Gasteiger partial charge in [-0.2, -0.15) is 0 Å². The molecule has 0 radical (unpaired) electrons. The molecule has 0 unspecified atom stereocenters. The molecular formula is C26H32N4O4. The summed E-state index contributed by atoms with van der Waals surface area (Å²) < 4.78 is 13.1. The number of aromatic amines is 1. The van der Waals surface area contributed by atoms with Gasteiger partial charge in [0.2, 0.25) is 0 Å². The van der Waals surface area contributed by atoms with Gasteiger partial charge in [0, 0.05) is 61.6 Å². The normalized spacial score (nSPS) is 14.8. The monoisotopic (exact) mass is 464 g/mol. The summed E-state index contributed by atoms with van der Waals surface area (Å²) in [7, 11) is 3.15. The number of hydrogen-bond acceptors (Lipinski definition) is 5. The number of pyridine rings is 1. The molecule has 0 atom stereocenters. The Morgan fingerprint density at radius 1 is 1.09 bits per heavy atom. The first-order valence-electron chi connectivity index (χ1n) is 11.6. The number of allylic oxidation sites excluding steroid dienone is 2. The van der Waals surface area contributed by atoms with Crippen molar-refractivity contribution >= 4 is 16.8 Å². The Kier molecular flexibility index (Phi) is 7.07. The lowest BCUT2D eigenvalue weighted by Gasteiger charge is -2.34. The Hall–Kier alpha value is -3.52. The highest BCUT2D eigenvalue weighted by Gasteiger charge is 2.26. The number of H-pyrrole nitrogens is 1. The van der Waals surface area contributed by atoms with Crippen LogP contribution in [0.4, 0.5) is 0 Å². The van der Waals surface area contributed by atoms with Crippen molar-refractivity contribution in [2.75, 3.05) is 46.9 Å². The molecule has 3 aromatic rings. The quantitative estimate of drug-likeness (QED) is 0.543. The Bertz CT molecular complexity index is 1270. The molecule has 1 aliphatic heterocycles. The molecule has 180 valence electrons. The summed E-state index contributed by atoms with van der Waals surface area (Å²) in [6, 6.07) is 5.47. The molecule has 1 aromatic carbocycles. The van der Waals surface area contributed by atoms with Gasteiger partial charge in [-0.1, -0.05) is 19.1 Å². The molecule has 1 amide bonds. The molecule has 0 saturated carbocycles. The van der Waals surface area contributed by atoms with Crippen molar-refractivity contribution in [1.29, 1.82) is 0 Å². The van der Waals surface area contributed by atoms with Crippen molar-refractivity contribution in [3.05, 3.63) is 58.7 Å². The smallest absolute Gasteiger partial charge is 0.275 e. The van der Waals surface area contributed by atoms with Gasteiger partial charge >= 0.3 is 0 Å². The van der Waals surface area contributed by atoms with Gasteiger partial charge in [-0.05, 0) is 31.7 Å². The Balaban J connectivity index is 1.81. The topological polar surface area (TPSA) is 79.8 Å². The molecule has 1 fully saturated rings. The highest BCUT2D eigenvalue weighted by Crippen LogP contribution is 2.39. The summed E-state index contributed by atoms with van der Waals surface area (Å²) in [5, 5.41) is 0.789. The third-order valence-corrected chi connectivity index (χ3v) is 6.48. The number of methoxy groups -OCH3 is 2. The minimum Gasteiger partial charge on any atom is -0.496 e. The van der Waals surface area contributed by atoms with Crippen LogP contribution in [-0.4, -0.2) is 72.2 Å². The number of rotatable bonds is 7. The number of piperazine rings is 1. The minimum absolute atomic E-state index is 0.0673. The van der Waals surface area contributed by atoms with E-state index in [0.29, 0.717) is 42.2 Å². The van der Waals surface area contributed by atoms with E-state index in [1.807, 2.05) is 42.3 Å².